The van der Waals surface area contributed by atoms with E-state index in [-0.39, 0.29) is 0 Å². The Balaban J connectivity index is 1.59. The van der Waals surface area contributed by atoms with E-state index in [4.69, 9.17) is 16.3 Å². The van der Waals surface area contributed by atoms with Crippen LogP contribution >= 0.6 is 11.6 Å². The number of benzene rings is 2. The Labute approximate surface area is 137 Å². The van der Waals surface area contributed by atoms with Crippen LogP contribution in [0.15, 0.2) is 48.5 Å². The zero-order valence-corrected chi connectivity index (χ0v) is 13.6. The number of hydrogen-bond acceptors (Lipinski definition) is 2. The number of nitrogens with zero attached hydrogens (tertiary/aromatic N) is 1. The third-order valence-corrected chi connectivity index (χ3v) is 4.57. The standard InChI is InChI=1S/C18H21ClN2O/c1-22-16-6-4-5-15(13-16)14-20-9-11-21(12-10-20)18-8-3-2-7-17(18)19/h2-8,13H,9-12,14H2,1H3/p+1. The zero-order chi connectivity index (χ0) is 15.4. The maximum atomic E-state index is 6.29. The summed E-state index contributed by atoms with van der Waals surface area (Å²) in [5.74, 6) is 0.937. The molecule has 1 N–H and O–H groups in total. The number of piperazine rings is 1. The van der Waals surface area contributed by atoms with Crippen molar-refractivity contribution in [1.29, 1.82) is 0 Å². The number of rotatable bonds is 4. The number of nitrogens with one attached hydrogen (secondary N) is 1. The fourth-order valence-corrected chi connectivity index (χ4v) is 3.28. The summed E-state index contributed by atoms with van der Waals surface area (Å²) in [6.45, 7) is 5.39. The Kier molecular flexibility index (Phi) is 4.86. The van der Waals surface area contributed by atoms with E-state index >= 15 is 0 Å². The summed E-state index contributed by atoms with van der Waals surface area (Å²) in [7, 11) is 1.72. The molecule has 1 saturated heterocycles. The Morgan fingerprint density at radius 3 is 2.59 bits per heavy atom. The molecular weight excluding hydrogens is 296 g/mol. The number of anilines is 1. The monoisotopic (exact) mass is 317 g/mol. The average Bonchev–Trinajstić information content (AvgIpc) is 2.56. The number of halogens is 1. The van der Waals surface area contributed by atoms with E-state index in [9.17, 15) is 0 Å². The van der Waals surface area contributed by atoms with Crippen LogP contribution in [-0.4, -0.2) is 33.3 Å². The van der Waals surface area contributed by atoms with Crippen LogP contribution in [0.5, 0.6) is 5.75 Å². The van der Waals surface area contributed by atoms with Crippen LogP contribution in [0.25, 0.3) is 0 Å². The van der Waals surface area contributed by atoms with Crippen LogP contribution in [0, 0.1) is 0 Å². The van der Waals surface area contributed by atoms with E-state index in [0.717, 1.165) is 49.2 Å². The number of methoxy groups -OCH3 is 1. The Bertz CT molecular complexity index is 624. The molecule has 0 atom stereocenters. The molecule has 0 saturated carbocycles. The first-order valence-electron chi connectivity index (χ1n) is 7.72. The highest BCUT2D eigenvalue weighted by atomic mass is 35.5. The molecule has 0 aromatic heterocycles. The van der Waals surface area contributed by atoms with Gasteiger partial charge >= 0.3 is 0 Å². The lowest BCUT2D eigenvalue weighted by atomic mass is 10.2. The van der Waals surface area contributed by atoms with Gasteiger partial charge in [-0.3, -0.25) is 0 Å². The average molecular weight is 318 g/mol. The van der Waals surface area contributed by atoms with Crippen molar-refractivity contribution in [3.05, 3.63) is 59.1 Å². The quantitative estimate of drug-likeness (QED) is 0.931. The molecule has 22 heavy (non-hydrogen) atoms. The van der Waals surface area contributed by atoms with Crippen LogP contribution in [0.3, 0.4) is 0 Å². The minimum atomic E-state index is 0.846. The third-order valence-electron chi connectivity index (χ3n) is 4.25. The number of ether oxygens (including phenoxy) is 1. The molecule has 0 radical (unpaired) electrons. The topological polar surface area (TPSA) is 16.9 Å². The van der Waals surface area contributed by atoms with Crippen molar-refractivity contribution in [3.8, 4) is 5.75 Å². The molecule has 4 heteroatoms. The highest BCUT2D eigenvalue weighted by molar-refractivity contribution is 6.33. The van der Waals surface area contributed by atoms with Crippen molar-refractivity contribution in [2.45, 2.75) is 6.54 Å². The number of quaternary nitrogens is 1. The number of hydrogen-bond donors (Lipinski definition) is 1. The van der Waals surface area contributed by atoms with Gasteiger partial charge in [-0.1, -0.05) is 35.9 Å². The highest BCUT2D eigenvalue weighted by Crippen LogP contribution is 2.24. The Morgan fingerprint density at radius 1 is 1.09 bits per heavy atom. The molecule has 3 nitrogen and oxygen atoms in total. The molecule has 1 aliphatic rings. The predicted molar refractivity (Wildman–Crippen MR) is 91.1 cm³/mol. The maximum absolute atomic E-state index is 6.29. The van der Waals surface area contributed by atoms with Crippen LogP contribution < -0.4 is 14.5 Å². The molecule has 3 rings (SSSR count). The van der Waals surface area contributed by atoms with Gasteiger partial charge in [0, 0.05) is 5.56 Å². The fraction of sp³-hybridized carbons (Fsp3) is 0.333. The molecule has 0 bridgehead atoms. The first-order chi connectivity index (χ1) is 10.8. The molecular formula is C18H22ClN2O+. The highest BCUT2D eigenvalue weighted by Gasteiger charge is 2.21. The van der Waals surface area contributed by atoms with E-state index in [1.807, 2.05) is 18.2 Å². The van der Waals surface area contributed by atoms with Crippen LogP contribution in [-0.2, 0) is 6.54 Å². The van der Waals surface area contributed by atoms with Crippen molar-refractivity contribution < 1.29 is 9.64 Å². The summed E-state index contributed by atoms with van der Waals surface area (Å²) < 4.78 is 5.30. The summed E-state index contributed by atoms with van der Waals surface area (Å²) in [6.07, 6.45) is 0. The molecule has 0 aliphatic carbocycles. The second-order valence-electron chi connectivity index (χ2n) is 5.72. The molecule has 1 fully saturated rings. The molecule has 116 valence electrons. The van der Waals surface area contributed by atoms with Crippen molar-refractivity contribution in [2.24, 2.45) is 0 Å². The smallest absolute Gasteiger partial charge is 0.119 e. The lowest BCUT2D eigenvalue weighted by Crippen LogP contribution is -3.13. The van der Waals surface area contributed by atoms with Gasteiger partial charge in [-0.15, -0.1) is 0 Å². The van der Waals surface area contributed by atoms with Crippen LogP contribution in [0.4, 0.5) is 5.69 Å². The summed E-state index contributed by atoms with van der Waals surface area (Å²) in [6, 6.07) is 16.5. The van der Waals surface area contributed by atoms with E-state index < -0.39 is 0 Å². The van der Waals surface area contributed by atoms with Gasteiger partial charge in [0.2, 0.25) is 0 Å². The number of para-hydroxylation sites is 1. The lowest BCUT2D eigenvalue weighted by Gasteiger charge is -2.34. The molecule has 2 aromatic carbocycles. The second-order valence-corrected chi connectivity index (χ2v) is 6.12. The van der Waals surface area contributed by atoms with Gasteiger partial charge in [0.1, 0.15) is 12.3 Å². The van der Waals surface area contributed by atoms with Crippen LogP contribution in [0.2, 0.25) is 5.02 Å². The summed E-state index contributed by atoms with van der Waals surface area (Å²) in [4.78, 5) is 3.99. The van der Waals surface area contributed by atoms with Gasteiger partial charge in [-0.2, -0.15) is 0 Å². The van der Waals surface area contributed by atoms with Crippen molar-refractivity contribution in [2.75, 3.05) is 38.2 Å². The van der Waals surface area contributed by atoms with E-state index in [1.54, 1.807) is 12.0 Å². The van der Waals surface area contributed by atoms with Crippen molar-refractivity contribution in [1.82, 2.24) is 0 Å². The van der Waals surface area contributed by atoms with Gasteiger partial charge in [-0.25, -0.2) is 0 Å². The minimum absolute atomic E-state index is 0.846. The summed E-state index contributed by atoms with van der Waals surface area (Å²) in [5, 5.41) is 0.846. The fourth-order valence-electron chi connectivity index (χ4n) is 3.02. The van der Waals surface area contributed by atoms with Gasteiger partial charge in [0.15, 0.2) is 0 Å². The van der Waals surface area contributed by atoms with E-state index in [0.29, 0.717) is 0 Å². The molecule has 0 spiro atoms. The lowest BCUT2D eigenvalue weighted by molar-refractivity contribution is -0.914. The summed E-state index contributed by atoms with van der Waals surface area (Å²) in [5.41, 5.74) is 2.49. The van der Waals surface area contributed by atoms with Crippen LogP contribution in [0.1, 0.15) is 5.56 Å². The molecule has 1 aliphatic heterocycles. The predicted octanol–water partition coefficient (Wildman–Crippen LogP) is 2.25. The zero-order valence-electron chi connectivity index (χ0n) is 12.9. The largest absolute Gasteiger partial charge is 0.497 e. The van der Waals surface area contributed by atoms with E-state index in [2.05, 4.69) is 35.2 Å². The van der Waals surface area contributed by atoms with Crippen molar-refractivity contribution in [3.63, 3.8) is 0 Å². The minimum Gasteiger partial charge on any atom is -0.497 e. The first-order valence-corrected chi connectivity index (χ1v) is 8.10. The molecule has 2 aromatic rings. The van der Waals surface area contributed by atoms with Gasteiger partial charge in [-0.05, 0) is 24.3 Å². The van der Waals surface area contributed by atoms with Gasteiger partial charge in [0.25, 0.3) is 0 Å². The maximum Gasteiger partial charge on any atom is 0.119 e. The SMILES string of the molecule is COc1cccc(C[NH+]2CCN(c3ccccc3Cl)CC2)c1. The molecule has 0 unspecified atom stereocenters. The normalized spacial score (nSPS) is 15.8. The van der Waals surface area contributed by atoms with Gasteiger partial charge in [0.05, 0.1) is 44.0 Å². The van der Waals surface area contributed by atoms with E-state index in [1.165, 1.54) is 5.56 Å². The second kappa shape index (κ2) is 7.03. The Morgan fingerprint density at radius 2 is 1.86 bits per heavy atom. The van der Waals surface area contributed by atoms with Gasteiger partial charge < -0.3 is 14.5 Å². The molecule has 0 amide bonds. The Hall–Kier alpha value is -1.71. The molecule has 1 heterocycles. The summed E-state index contributed by atoms with van der Waals surface area (Å²) >= 11 is 6.29. The first kappa shape index (κ1) is 15.2. The third kappa shape index (κ3) is 3.54. The van der Waals surface area contributed by atoms with Crippen molar-refractivity contribution >= 4 is 17.3 Å².